The summed E-state index contributed by atoms with van der Waals surface area (Å²) in [6.45, 7) is 1.35. The lowest BCUT2D eigenvalue weighted by molar-refractivity contribution is -0.122. The van der Waals surface area contributed by atoms with Crippen molar-refractivity contribution in [2.24, 2.45) is 7.05 Å². The van der Waals surface area contributed by atoms with Crippen LogP contribution in [-0.4, -0.2) is 32.7 Å². The fourth-order valence-electron chi connectivity index (χ4n) is 4.46. The molecule has 2 amide bonds. The van der Waals surface area contributed by atoms with E-state index < -0.39 is 0 Å². The van der Waals surface area contributed by atoms with Crippen LogP contribution in [0.25, 0.3) is 22.2 Å². The van der Waals surface area contributed by atoms with Gasteiger partial charge in [0.05, 0.1) is 12.2 Å². The monoisotopic (exact) mass is 459 g/mol. The van der Waals surface area contributed by atoms with Crippen molar-refractivity contribution < 1.29 is 14.0 Å². The lowest BCUT2D eigenvalue weighted by Gasteiger charge is -2.27. The van der Waals surface area contributed by atoms with Crippen molar-refractivity contribution in [2.45, 2.75) is 32.4 Å². The maximum atomic E-state index is 13.0. The molecule has 0 radical (unpaired) electrons. The molecule has 7 nitrogen and oxygen atoms in total. The number of hydrogen-bond donors (Lipinski definition) is 1. The number of anilines is 1. The molecule has 1 aliphatic heterocycles. The molecule has 1 aliphatic rings. The molecule has 174 valence electrons. The van der Waals surface area contributed by atoms with Crippen molar-refractivity contribution in [3.63, 3.8) is 0 Å². The summed E-state index contributed by atoms with van der Waals surface area (Å²) in [5.41, 5.74) is 3.84. The molecule has 0 spiro atoms. The first-order chi connectivity index (χ1) is 16.5. The van der Waals surface area contributed by atoms with Gasteiger partial charge >= 0.3 is 0 Å². The molecule has 0 aliphatic carbocycles. The summed E-state index contributed by atoms with van der Waals surface area (Å²) in [7, 11) is 2.01. The molecule has 8 heteroatoms. The van der Waals surface area contributed by atoms with Gasteiger partial charge in [0, 0.05) is 61.7 Å². The largest absolute Gasteiger partial charge is 0.352 e. The number of hydrogen-bond acceptors (Lipinski definition) is 3. The first-order valence-electron chi connectivity index (χ1n) is 11.4. The molecule has 0 saturated carbocycles. The highest BCUT2D eigenvalue weighted by molar-refractivity contribution is 5.98. The van der Waals surface area contributed by atoms with E-state index in [1.807, 2.05) is 29.9 Å². The molecular formula is C26H26FN5O2. The molecule has 0 saturated heterocycles. The number of nitrogens with one attached hydrogen (secondary N) is 1. The average molecular weight is 460 g/mol. The summed E-state index contributed by atoms with van der Waals surface area (Å²) in [4.78, 5) is 26.7. The Balaban J connectivity index is 1.25. The van der Waals surface area contributed by atoms with E-state index in [1.54, 1.807) is 17.0 Å². The van der Waals surface area contributed by atoms with Crippen LogP contribution in [0.5, 0.6) is 0 Å². The number of nitrogens with zero attached hydrogens (tertiary/aromatic N) is 4. The normalized spacial score (nSPS) is 13.4. The minimum absolute atomic E-state index is 0.0450. The van der Waals surface area contributed by atoms with E-state index in [1.165, 1.54) is 12.1 Å². The van der Waals surface area contributed by atoms with Crippen LogP contribution in [0.15, 0.2) is 60.8 Å². The third-order valence-electron chi connectivity index (χ3n) is 6.24. The fraction of sp³-hybridized carbons (Fsp3) is 0.269. The first-order valence-corrected chi connectivity index (χ1v) is 11.4. The van der Waals surface area contributed by atoms with Gasteiger partial charge < -0.3 is 9.88 Å². The van der Waals surface area contributed by atoms with Crippen LogP contribution < -0.4 is 10.2 Å². The Labute approximate surface area is 196 Å². The first kappa shape index (κ1) is 21.9. The van der Waals surface area contributed by atoms with Gasteiger partial charge in [-0.1, -0.05) is 30.3 Å². The lowest BCUT2D eigenvalue weighted by atomic mass is 10.1. The summed E-state index contributed by atoms with van der Waals surface area (Å²) < 4.78 is 17.0. The highest BCUT2D eigenvalue weighted by Crippen LogP contribution is 2.33. The van der Waals surface area contributed by atoms with Crippen molar-refractivity contribution >= 4 is 28.5 Å². The van der Waals surface area contributed by atoms with Crippen LogP contribution in [0.3, 0.4) is 0 Å². The maximum absolute atomic E-state index is 13.0. The van der Waals surface area contributed by atoms with Crippen LogP contribution in [0.4, 0.5) is 10.2 Å². The highest BCUT2D eigenvalue weighted by Gasteiger charge is 2.27. The van der Waals surface area contributed by atoms with E-state index in [0.717, 1.165) is 33.5 Å². The SMILES string of the molecule is Cn1cc(-c2cc3n(n2)CCC(=O)N3CCCC(=O)NCc2ccc(F)cc2)c2ccccc21. The minimum Gasteiger partial charge on any atom is -0.352 e. The van der Waals surface area contributed by atoms with Crippen LogP contribution in [-0.2, 0) is 29.7 Å². The number of carbonyl (C=O) groups is 2. The molecule has 2 aromatic carbocycles. The summed E-state index contributed by atoms with van der Waals surface area (Å²) >= 11 is 0. The van der Waals surface area contributed by atoms with Crippen molar-refractivity contribution in [1.29, 1.82) is 0 Å². The van der Waals surface area contributed by atoms with Crippen molar-refractivity contribution in [3.05, 3.63) is 72.2 Å². The third-order valence-corrected chi connectivity index (χ3v) is 6.24. The van der Waals surface area contributed by atoms with Crippen molar-refractivity contribution in [2.75, 3.05) is 11.4 Å². The Morgan fingerprint density at radius 1 is 1.15 bits per heavy atom. The predicted molar refractivity (Wildman–Crippen MR) is 129 cm³/mol. The molecular weight excluding hydrogens is 433 g/mol. The smallest absolute Gasteiger partial charge is 0.229 e. The van der Waals surface area contributed by atoms with Crippen LogP contribution >= 0.6 is 0 Å². The number of benzene rings is 2. The Morgan fingerprint density at radius 3 is 2.76 bits per heavy atom. The van der Waals surface area contributed by atoms with Gasteiger partial charge in [-0.15, -0.1) is 0 Å². The van der Waals surface area contributed by atoms with Gasteiger partial charge in [0.25, 0.3) is 0 Å². The van der Waals surface area contributed by atoms with E-state index >= 15 is 0 Å². The van der Waals surface area contributed by atoms with Gasteiger partial charge in [-0.3, -0.25) is 14.5 Å². The number of aryl methyl sites for hydroxylation is 2. The van der Waals surface area contributed by atoms with Gasteiger partial charge in [0.15, 0.2) is 0 Å². The van der Waals surface area contributed by atoms with E-state index in [0.29, 0.717) is 38.9 Å². The van der Waals surface area contributed by atoms with Crippen LogP contribution in [0, 0.1) is 5.82 Å². The van der Waals surface area contributed by atoms with Crippen molar-refractivity contribution in [3.8, 4) is 11.3 Å². The number of amides is 2. The van der Waals surface area contributed by atoms with Crippen LogP contribution in [0.2, 0.25) is 0 Å². The Hall–Kier alpha value is -3.94. The highest BCUT2D eigenvalue weighted by atomic mass is 19.1. The minimum atomic E-state index is -0.302. The molecule has 34 heavy (non-hydrogen) atoms. The van der Waals surface area contributed by atoms with E-state index in [4.69, 9.17) is 5.10 Å². The molecule has 0 fully saturated rings. The molecule has 0 unspecified atom stereocenters. The Morgan fingerprint density at radius 2 is 1.94 bits per heavy atom. The van der Waals surface area contributed by atoms with Gasteiger partial charge in [-0.2, -0.15) is 5.10 Å². The number of fused-ring (bicyclic) bond motifs is 2. The third kappa shape index (κ3) is 4.31. The number of halogens is 1. The molecule has 3 heterocycles. The quantitative estimate of drug-likeness (QED) is 0.454. The number of aromatic nitrogens is 3. The maximum Gasteiger partial charge on any atom is 0.229 e. The van der Waals surface area contributed by atoms with Crippen molar-refractivity contribution in [1.82, 2.24) is 19.7 Å². The number of carbonyl (C=O) groups excluding carboxylic acids is 2. The standard InChI is InChI=1S/C26H26FN5O2/c1-30-17-21(20-5-2-3-6-23(20)30)22-15-25-31(26(34)12-14-32(25)29-22)13-4-7-24(33)28-16-18-8-10-19(27)11-9-18/h2-3,5-6,8-11,15,17H,4,7,12-14,16H2,1H3,(H,28,33). The zero-order valence-corrected chi connectivity index (χ0v) is 19.0. The molecule has 4 aromatic rings. The summed E-state index contributed by atoms with van der Waals surface area (Å²) in [6, 6.07) is 16.2. The molecule has 0 bridgehead atoms. The summed E-state index contributed by atoms with van der Waals surface area (Å²) in [5, 5.41) is 8.75. The molecule has 5 rings (SSSR count). The Kier molecular flexibility index (Phi) is 5.88. The Bertz CT molecular complexity index is 1360. The second-order valence-corrected chi connectivity index (χ2v) is 8.58. The summed E-state index contributed by atoms with van der Waals surface area (Å²) in [6.07, 6.45) is 3.29. The average Bonchev–Trinajstić information content (AvgIpc) is 3.42. The second-order valence-electron chi connectivity index (χ2n) is 8.58. The topological polar surface area (TPSA) is 72.2 Å². The predicted octanol–water partition coefficient (Wildman–Crippen LogP) is 4.01. The number of para-hydroxylation sites is 1. The van der Waals surface area contributed by atoms with Crippen LogP contribution in [0.1, 0.15) is 24.8 Å². The number of rotatable bonds is 7. The molecule has 1 N–H and O–H groups in total. The molecule has 0 atom stereocenters. The van der Waals surface area contributed by atoms with Gasteiger partial charge in [-0.05, 0) is 30.2 Å². The van der Waals surface area contributed by atoms with Gasteiger partial charge in [-0.25, -0.2) is 9.07 Å². The summed E-state index contributed by atoms with van der Waals surface area (Å²) in [5.74, 6) is 0.414. The molecule has 2 aromatic heterocycles. The lowest BCUT2D eigenvalue weighted by Crippen LogP contribution is -2.38. The van der Waals surface area contributed by atoms with E-state index in [-0.39, 0.29) is 17.6 Å². The van der Waals surface area contributed by atoms with Gasteiger partial charge in [0.2, 0.25) is 11.8 Å². The van der Waals surface area contributed by atoms with E-state index in [2.05, 4.69) is 28.2 Å². The fourth-order valence-corrected chi connectivity index (χ4v) is 4.46. The zero-order valence-electron chi connectivity index (χ0n) is 19.0. The van der Waals surface area contributed by atoms with Gasteiger partial charge in [0.1, 0.15) is 11.6 Å². The van der Waals surface area contributed by atoms with E-state index in [9.17, 15) is 14.0 Å². The second kappa shape index (κ2) is 9.13. The zero-order chi connectivity index (χ0) is 23.7.